The van der Waals surface area contributed by atoms with Gasteiger partial charge in [-0.3, -0.25) is 0 Å². The topological polar surface area (TPSA) is 30.5 Å². The fraction of sp³-hybridized carbons (Fsp3) is 0.455. The van der Waals surface area contributed by atoms with E-state index in [0.29, 0.717) is 12.1 Å². The molecule has 0 saturated carbocycles. The van der Waals surface area contributed by atoms with Gasteiger partial charge in [0.15, 0.2) is 0 Å². The molecule has 0 aromatic heterocycles. The molecule has 1 N–H and O–H groups in total. The van der Waals surface area contributed by atoms with Gasteiger partial charge in [-0.05, 0) is 19.2 Å². The lowest BCUT2D eigenvalue weighted by Crippen LogP contribution is -2.11. The first-order valence-electron chi connectivity index (χ1n) is 4.90. The van der Waals surface area contributed by atoms with Gasteiger partial charge in [0.2, 0.25) is 0 Å². The predicted octanol–water partition coefficient (Wildman–Crippen LogP) is 2.44. The highest BCUT2D eigenvalue weighted by molar-refractivity contribution is 5.48. The fourth-order valence-electron chi connectivity index (χ4n) is 1.50. The summed E-state index contributed by atoms with van der Waals surface area (Å²) in [5.41, 5.74) is -0.225. The average molecular weight is 249 g/mol. The summed E-state index contributed by atoms with van der Waals surface area (Å²) in [5.74, 6) is 0.317. The minimum absolute atomic E-state index is 0.158. The molecule has 0 fully saturated rings. The molecule has 1 rings (SSSR count). The second-order valence-corrected chi connectivity index (χ2v) is 3.39. The van der Waals surface area contributed by atoms with E-state index in [1.165, 1.54) is 14.2 Å². The number of halogens is 3. The van der Waals surface area contributed by atoms with Gasteiger partial charge in [-0.2, -0.15) is 13.2 Å². The number of hydrogen-bond acceptors (Lipinski definition) is 3. The maximum Gasteiger partial charge on any atom is 0.416 e. The van der Waals surface area contributed by atoms with Crippen molar-refractivity contribution in [3.05, 3.63) is 23.3 Å². The van der Waals surface area contributed by atoms with Crippen molar-refractivity contribution in [1.29, 1.82) is 0 Å². The molecule has 0 aliphatic carbocycles. The van der Waals surface area contributed by atoms with Gasteiger partial charge in [-0.15, -0.1) is 0 Å². The molecule has 0 spiro atoms. The summed E-state index contributed by atoms with van der Waals surface area (Å²) < 4.78 is 47.7. The second kappa shape index (κ2) is 5.27. The van der Waals surface area contributed by atoms with Crippen molar-refractivity contribution in [3.63, 3.8) is 0 Å². The Morgan fingerprint density at radius 3 is 1.88 bits per heavy atom. The molecule has 0 heterocycles. The van der Waals surface area contributed by atoms with Gasteiger partial charge in [0, 0.05) is 12.1 Å². The number of benzene rings is 1. The maximum atomic E-state index is 12.6. The highest BCUT2D eigenvalue weighted by atomic mass is 19.4. The van der Waals surface area contributed by atoms with Crippen LogP contribution in [0.5, 0.6) is 11.5 Å². The van der Waals surface area contributed by atoms with Crippen molar-refractivity contribution < 1.29 is 22.6 Å². The quantitative estimate of drug-likeness (QED) is 0.889. The number of rotatable bonds is 4. The van der Waals surface area contributed by atoms with Gasteiger partial charge in [-0.1, -0.05) is 0 Å². The Labute approximate surface area is 97.5 Å². The van der Waals surface area contributed by atoms with E-state index in [2.05, 4.69) is 5.32 Å². The van der Waals surface area contributed by atoms with Crippen LogP contribution in [0.1, 0.15) is 11.1 Å². The van der Waals surface area contributed by atoms with Gasteiger partial charge in [0.1, 0.15) is 11.5 Å². The summed E-state index contributed by atoms with van der Waals surface area (Å²) >= 11 is 0. The van der Waals surface area contributed by atoms with Crippen LogP contribution in [-0.4, -0.2) is 21.3 Å². The Morgan fingerprint density at radius 1 is 1.12 bits per heavy atom. The standard InChI is InChI=1S/C11H14F3NO2/c1-15-6-8-9(16-2)4-7(11(12,13)14)5-10(8)17-3/h4-5,15H,6H2,1-3H3. The normalized spacial score (nSPS) is 11.4. The molecule has 0 amide bonds. The smallest absolute Gasteiger partial charge is 0.416 e. The molecule has 6 heteroatoms. The highest BCUT2D eigenvalue weighted by Gasteiger charge is 2.32. The van der Waals surface area contributed by atoms with Crippen LogP contribution in [-0.2, 0) is 12.7 Å². The molecule has 0 aliphatic rings. The summed E-state index contributed by atoms with van der Waals surface area (Å²) in [6, 6.07) is 1.93. The van der Waals surface area contributed by atoms with Crippen molar-refractivity contribution in [2.75, 3.05) is 21.3 Å². The summed E-state index contributed by atoms with van der Waals surface area (Å²) in [6.45, 7) is 0.366. The van der Waals surface area contributed by atoms with Crippen molar-refractivity contribution in [2.45, 2.75) is 12.7 Å². The number of ether oxygens (including phenoxy) is 2. The molecule has 0 radical (unpaired) electrons. The van der Waals surface area contributed by atoms with Gasteiger partial charge < -0.3 is 14.8 Å². The third kappa shape index (κ3) is 3.03. The van der Waals surface area contributed by atoms with E-state index in [4.69, 9.17) is 9.47 Å². The van der Waals surface area contributed by atoms with Gasteiger partial charge in [0.25, 0.3) is 0 Å². The van der Waals surface area contributed by atoms with E-state index in [1.54, 1.807) is 7.05 Å². The molecular weight excluding hydrogens is 235 g/mol. The molecule has 0 saturated heterocycles. The summed E-state index contributed by atoms with van der Waals surface area (Å²) in [4.78, 5) is 0. The van der Waals surface area contributed by atoms with E-state index in [-0.39, 0.29) is 11.5 Å². The first-order chi connectivity index (χ1) is 7.93. The van der Waals surface area contributed by atoms with E-state index >= 15 is 0 Å². The molecular formula is C11H14F3NO2. The Bertz CT molecular complexity index is 366. The van der Waals surface area contributed by atoms with Crippen molar-refractivity contribution in [1.82, 2.24) is 5.32 Å². The Balaban J connectivity index is 3.33. The van der Waals surface area contributed by atoms with Gasteiger partial charge >= 0.3 is 6.18 Å². The molecule has 3 nitrogen and oxygen atoms in total. The molecule has 1 aromatic rings. The van der Waals surface area contributed by atoms with Crippen LogP contribution in [0.25, 0.3) is 0 Å². The molecule has 0 atom stereocenters. The van der Waals surface area contributed by atoms with Crippen LogP contribution in [0.3, 0.4) is 0 Å². The maximum absolute atomic E-state index is 12.6. The van der Waals surface area contributed by atoms with Crippen LogP contribution in [0.2, 0.25) is 0 Å². The third-order valence-electron chi connectivity index (χ3n) is 2.29. The van der Waals surface area contributed by atoms with E-state index < -0.39 is 11.7 Å². The Morgan fingerprint density at radius 2 is 1.59 bits per heavy atom. The number of hydrogen-bond donors (Lipinski definition) is 1. The molecule has 0 aliphatic heterocycles. The zero-order valence-corrected chi connectivity index (χ0v) is 9.81. The molecule has 17 heavy (non-hydrogen) atoms. The van der Waals surface area contributed by atoms with Crippen molar-refractivity contribution in [3.8, 4) is 11.5 Å². The van der Waals surface area contributed by atoms with Crippen LogP contribution in [0.4, 0.5) is 13.2 Å². The lowest BCUT2D eigenvalue weighted by molar-refractivity contribution is -0.137. The molecule has 0 unspecified atom stereocenters. The number of nitrogens with one attached hydrogen (secondary N) is 1. The van der Waals surface area contributed by atoms with Gasteiger partial charge in [-0.25, -0.2) is 0 Å². The first-order valence-corrected chi connectivity index (χ1v) is 4.90. The van der Waals surface area contributed by atoms with E-state index in [0.717, 1.165) is 12.1 Å². The third-order valence-corrected chi connectivity index (χ3v) is 2.29. The zero-order valence-electron chi connectivity index (χ0n) is 9.81. The number of alkyl halides is 3. The van der Waals surface area contributed by atoms with E-state index in [9.17, 15) is 13.2 Å². The Kier molecular flexibility index (Phi) is 4.22. The monoisotopic (exact) mass is 249 g/mol. The minimum atomic E-state index is -4.42. The van der Waals surface area contributed by atoms with Crippen LogP contribution in [0.15, 0.2) is 12.1 Å². The SMILES string of the molecule is CNCc1c(OC)cc(C(F)(F)F)cc1OC. The summed E-state index contributed by atoms with van der Waals surface area (Å²) in [7, 11) is 4.35. The molecule has 1 aromatic carbocycles. The summed E-state index contributed by atoms with van der Waals surface area (Å²) in [6.07, 6.45) is -4.42. The predicted molar refractivity (Wildman–Crippen MR) is 57.3 cm³/mol. The second-order valence-electron chi connectivity index (χ2n) is 3.39. The van der Waals surface area contributed by atoms with Crippen molar-refractivity contribution >= 4 is 0 Å². The summed E-state index contributed by atoms with van der Waals surface area (Å²) in [5, 5.41) is 2.85. The first kappa shape index (κ1) is 13.6. The minimum Gasteiger partial charge on any atom is -0.496 e. The Hall–Kier alpha value is -1.43. The molecule has 96 valence electrons. The van der Waals surface area contributed by atoms with E-state index in [1.807, 2.05) is 0 Å². The highest BCUT2D eigenvalue weighted by Crippen LogP contribution is 2.38. The lowest BCUT2D eigenvalue weighted by atomic mass is 10.1. The van der Waals surface area contributed by atoms with Crippen LogP contribution < -0.4 is 14.8 Å². The fourth-order valence-corrected chi connectivity index (χ4v) is 1.50. The number of methoxy groups -OCH3 is 2. The van der Waals surface area contributed by atoms with Gasteiger partial charge in [0.05, 0.1) is 19.8 Å². The van der Waals surface area contributed by atoms with Crippen LogP contribution in [0, 0.1) is 0 Å². The average Bonchev–Trinajstić information content (AvgIpc) is 2.28. The van der Waals surface area contributed by atoms with Crippen molar-refractivity contribution in [2.24, 2.45) is 0 Å². The zero-order chi connectivity index (χ0) is 13.1. The molecule has 0 bridgehead atoms. The van der Waals surface area contributed by atoms with Crippen LogP contribution >= 0.6 is 0 Å². The lowest BCUT2D eigenvalue weighted by Gasteiger charge is -2.16. The largest absolute Gasteiger partial charge is 0.496 e.